The van der Waals surface area contributed by atoms with Crippen LogP contribution in [0.4, 0.5) is 0 Å². The maximum atomic E-state index is 8.86. The number of hydrogen-bond acceptors (Lipinski definition) is 4. The first-order chi connectivity index (χ1) is 9.85. The minimum absolute atomic E-state index is 0.0791. The monoisotopic (exact) mass is 265 g/mol. The summed E-state index contributed by atoms with van der Waals surface area (Å²) in [6.07, 6.45) is 4.00. The van der Waals surface area contributed by atoms with Crippen LogP contribution in [0.15, 0.2) is 28.8 Å². The quantitative estimate of drug-likeness (QED) is 0.837. The van der Waals surface area contributed by atoms with E-state index < -0.39 is 0 Å². The first-order valence-corrected chi connectivity index (χ1v) is 7.15. The highest BCUT2D eigenvalue weighted by Crippen LogP contribution is 2.46. The molecule has 1 aromatic heterocycles. The fourth-order valence-electron chi connectivity index (χ4n) is 3.09. The van der Waals surface area contributed by atoms with Gasteiger partial charge in [0.2, 0.25) is 5.89 Å². The average Bonchev–Trinajstić information content (AvgIpc) is 3.14. The van der Waals surface area contributed by atoms with Gasteiger partial charge in [-0.2, -0.15) is 10.2 Å². The van der Waals surface area contributed by atoms with Gasteiger partial charge in [0.1, 0.15) is 0 Å². The Morgan fingerprint density at radius 3 is 2.90 bits per heavy atom. The molecule has 0 spiro atoms. The van der Waals surface area contributed by atoms with Crippen LogP contribution in [0.25, 0.3) is 0 Å². The van der Waals surface area contributed by atoms with Crippen LogP contribution in [0.5, 0.6) is 0 Å². The van der Waals surface area contributed by atoms with Crippen LogP contribution >= 0.6 is 0 Å². The normalized spacial score (nSPS) is 27.6. The summed E-state index contributed by atoms with van der Waals surface area (Å²) in [4.78, 5) is 4.54. The third kappa shape index (κ3) is 1.90. The Kier molecular flexibility index (Phi) is 2.59. The van der Waals surface area contributed by atoms with E-state index in [1.165, 1.54) is 11.1 Å². The van der Waals surface area contributed by atoms with E-state index in [1.807, 2.05) is 0 Å². The molecule has 2 aliphatic carbocycles. The van der Waals surface area contributed by atoms with Crippen molar-refractivity contribution >= 4 is 0 Å². The van der Waals surface area contributed by atoms with Gasteiger partial charge < -0.3 is 4.52 Å². The highest BCUT2D eigenvalue weighted by molar-refractivity contribution is 5.31. The Balaban J connectivity index is 1.54. The third-order valence-corrected chi connectivity index (χ3v) is 4.44. The molecule has 1 fully saturated rings. The van der Waals surface area contributed by atoms with E-state index in [2.05, 4.69) is 40.5 Å². The molecule has 0 radical (unpaired) electrons. The van der Waals surface area contributed by atoms with E-state index in [1.54, 1.807) is 0 Å². The number of aromatic nitrogens is 2. The van der Waals surface area contributed by atoms with Crippen molar-refractivity contribution in [3.05, 3.63) is 47.1 Å². The standard InChI is InChI=1S/C16H15N3O/c17-9-13-8-14(13)16-18-15(19-20-16)12-6-5-10-3-1-2-4-11(10)7-12/h1-4,12-14H,5-8H2. The van der Waals surface area contributed by atoms with Crippen molar-refractivity contribution in [3.8, 4) is 6.07 Å². The first-order valence-electron chi connectivity index (χ1n) is 7.15. The number of fused-ring (bicyclic) bond motifs is 1. The van der Waals surface area contributed by atoms with Crippen molar-refractivity contribution in [2.75, 3.05) is 0 Å². The Hall–Kier alpha value is -2.15. The van der Waals surface area contributed by atoms with Crippen LogP contribution in [-0.2, 0) is 12.8 Å². The van der Waals surface area contributed by atoms with Crippen LogP contribution in [0.1, 0.15) is 47.5 Å². The lowest BCUT2D eigenvalue weighted by atomic mass is 9.83. The van der Waals surface area contributed by atoms with Crippen LogP contribution < -0.4 is 0 Å². The number of rotatable bonds is 2. The Labute approximate surface area is 117 Å². The fourth-order valence-corrected chi connectivity index (χ4v) is 3.09. The Bertz CT molecular complexity index is 685. The molecule has 2 aromatic rings. The molecule has 0 N–H and O–H groups in total. The summed E-state index contributed by atoms with van der Waals surface area (Å²) in [7, 11) is 0. The summed E-state index contributed by atoms with van der Waals surface area (Å²) in [6.45, 7) is 0. The molecule has 0 saturated heterocycles. The molecule has 3 atom stereocenters. The lowest BCUT2D eigenvalue weighted by molar-refractivity contribution is 0.366. The Morgan fingerprint density at radius 2 is 2.10 bits per heavy atom. The minimum Gasteiger partial charge on any atom is -0.339 e. The molecule has 2 aliphatic rings. The van der Waals surface area contributed by atoms with E-state index in [-0.39, 0.29) is 11.8 Å². The summed E-state index contributed by atoms with van der Waals surface area (Å²) in [5.41, 5.74) is 2.84. The molecule has 4 heteroatoms. The predicted octanol–water partition coefficient (Wildman–Crippen LogP) is 2.97. The fraction of sp³-hybridized carbons (Fsp3) is 0.438. The van der Waals surface area contributed by atoms with Crippen molar-refractivity contribution < 1.29 is 4.52 Å². The number of nitriles is 1. The second-order valence-electron chi connectivity index (χ2n) is 5.78. The molecular weight excluding hydrogens is 250 g/mol. The lowest BCUT2D eigenvalue weighted by Crippen LogP contribution is -2.13. The van der Waals surface area contributed by atoms with Crippen LogP contribution in [-0.4, -0.2) is 10.1 Å². The molecule has 0 aliphatic heterocycles. The second-order valence-corrected chi connectivity index (χ2v) is 5.78. The van der Waals surface area contributed by atoms with E-state index in [0.29, 0.717) is 11.8 Å². The molecule has 4 rings (SSSR count). The summed E-state index contributed by atoms with van der Waals surface area (Å²) < 4.78 is 5.35. The van der Waals surface area contributed by atoms with Gasteiger partial charge >= 0.3 is 0 Å². The molecule has 1 heterocycles. The molecule has 0 bridgehead atoms. The first kappa shape index (κ1) is 11.7. The van der Waals surface area contributed by atoms with Crippen molar-refractivity contribution in [1.82, 2.24) is 10.1 Å². The maximum absolute atomic E-state index is 8.86. The van der Waals surface area contributed by atoms with Gasteiger partial charge in [0, 0.05) is 5.92 Å². The maximum Gasteiger partial charge on any atom is 0.231 e. The van der Waals surface area contributed by atoms with E-state index >= 15 is 0 Å². The van der Waals surface area contributed by atoms with Crippen molar-refractivity contribution in [2.24, 2.45) is 5.92 Å². The smallest absolute Gasteiger partial charge is 0.231 e. The number of aryl methyl sites for hydroxylation is 1. The zero-order chi connectivity index (χ0) is 13.5. The third-order valence-electron chi connectivity index (χ3n) is 4.44. The van der Waals surface area contributed by atoms with Gasteiger partial charge in [-0.15, -0.1) is 0 Å². The zero-order valence-electron chi connectivity index (χ0n) is 11.1. The topological polar surface area (TPSA) is 62.7 Å². The summed E-state index contributed by atoms with van der Waals surface area (Å²) in [6, 6.07) is 10.8. The number of nitrogens with zero attached hydrogens (tertiary/aromatic N) is 3. The van der Waals surface area contributed by atoms with Crippen LogP contribution in [0.2, 0.25) is 0 Å². The molecule has 0 amide bonds. The van der Waals surface area contributed by atoms with Gasteiger partial charge in [0.05, 0.1) is 17.9 Å². The minimum atomic E-state index is 0.0791. The van der Waals surface area contributed by atoms with Crippen molar-refractivity contribution in [1.29, 1.82) is 5.26 Å². The summed E-state index contributed by atoms with van der Waals surface area (Å²) in [5.74, 6) is 2.08. The number of benzene rings is 1. The van der Waals surface area contributed by atoms with Gasteiger partial charge in [-0.3, -0.25) is 0 Å². The van der Waals surface area contributed by atoms with Gasteiger partial charge in [-0.1, -0.05) is 29.4 Å². The van der Waals surface area contributed by atoms with Gasteiger partial charge in [0.15, 0.2) is 5.82 Å². The number of hydrogen-bond donors (Lipinski definition) is 0. The SMILES string of the molecule is N#CC1CC1c1nc(C2CCc3ccccc3C2)no1. The van der Waals surface area contributed by atoms with Gasteiger partial charge in [0.25, 0.3) is 0 Å². The molecule has 1 aromatic carbocycles. The van der Waals surface area contributed by atoms with Crippen LogP contribution in [0, 0.1) is 17.2 Å². The largest absolute Gasteiger partial charge is 0.339 e. The molecule has 100 valence electrons. The molecule has 4 nitrogen and oxygen atoms in total. The summed E-state index contributed by atoms with van der Waals surface area (Å²) in [5, 5.41) is 13.0. The van der Waals surface area contributed by atoms with Crippen LogP contribution in [0.3, 0.4) is 0 Å². The molecular formula is C16H15N3O. The van der Waals surface area contributed by atoms with E-state index in [9.17, 15) is 0 Å². The Morgan fingerprint density at radius 1 is 1.25 bits per heavy atom. The molecule has 1 saturated carbocycles. The van der Waals surface area contributed by atoms with Crippen molar-refractivity contribution in [3.63, 3.8) is 0 Å². The highest BCUT2D eigenvalue weighted by atomic mass is 16.5. The van der Waals surface area contributed by atoms with Gasteiger partial charge in [-0.25, -0.2) is 0 Å². The van der Waals surface area contributed by atoms with Gasteiger partial charge in [-0.05, 0) is 36.8 Å². The summed E-state index contributed by atoms with van der Waals surface area (Å²) >= 11 is 0. The zero-order valence-corrected chi connectivity index (χ0v) is 11.1. The predicted molar refractivity (Wildman–Crippen MR) is 72.0 cm³/mol. The second kappa shape index (κ2) is 4.45. The average molecular weight is 265 g/mol. The van der Waals surface area contributed by atoms with E-state index in [0.717, 1.165) is 31.5 Å². The molecule has 3 unspecified atom stereocenters. The van der Waals surface area contributed by atoms with E-state index in [4.69, 9.17) is 9.78 Å². The van der Waals surface area contributed by atoms with Crippen molar-refractivity contribution in [2.45, 2.75) is 37.5 Å². The lowest BCUT2D eigenvalue weighted by Gasteiger charge is -2.21. The highest BCUT2D eigenvalue weighted by Gasteiger charge is 2.43. The molecule has 20 heavy (non-hydrogen) atoms.